The van der Waals surface area contributed by atoms with E-state index in [9.17, 15) is 9.90 Å². The highest BCUT2D eigenvalue weighted by molar-refractivity contribution is 6.02. The Labute approximate surface area is 163 Å². The van der Waals surface area contributed by atoms with E-state index in [4.69, 9.17) is 0 Å². The highest BCUT2D eigenvalue weighted by Gasteiger charge is 2.16. The van der Waals surface area contributed by atoms with Crippen molar-refractivity contribution in [2.75, 3.05) is 0 Å². The van der Waals surface area contributed by atoms with Crippen LogP contribution in [0.4, 0.5) is 5.69 Å². The third-order valence-electron chi connectivity index (χ3n) is 5.03. The lowest BCUT2D eigenvalue weighted by molar-refractivity contribution is 0.436. The van der Waals surface area contributed by atoms with Crippen molar-refractivity contribution in [1.29, 1.82) is 0 Å². The number of aliphatic imine (C=N–C) groups is 1. The van der Waals surface area contributed by atoms with Gasteiger partial charge in [-0.25, -0.2) is 4.57 Å². The highest BCUT2D eigenvalue weighted by Crippen LogP contribution is 2.27. The molecule has 28 heavy (non-hydrogen) atoms. The van der Waals surface area contributed by atoms with Crippen LogP contribution in [-0.4, -0.2) is 15.9 Å². The van der Waals surface area contributed by atoms with E-state index in [1.54, 1.807) is 24.4 Å². The van der Waals surface area contributed by atoms with E-state index < -0.39 is 0 Å². The monoisotopic (exact) mass is 368 g/mol. The molecule has 4 heteroatoms. The topological polar surface area (TPSA) is 54.6 Å². The Balaban J connectivity index is 1.99. The van der Waals surface area contributed by atoms with Gasteiger partial charge < -0.3 is 5.11 Å². The minimum atomic E-state index is -0.261. The van der Waals surface area contributed by atoms with Gasteiger partial charge in [-0.3, -0.25) is 9.79 Å². The maximum absolute atomic E-state index is 13.0. The third-order valence-corrected chi connectivity index (χ3v) is 5.03. The normalized spacial score (nSPS) is 11.4. The van der Waals surface area contributed by atoms with Crippen LogP contribution >= 0.6 is 0 Å². The van der Waals surface area contributed by atoms with E-state index in [2.05, 4.69) is 4.99 Å². The van der Waals surface area contributed by atoms with Crippen LogP contribution < -0.4 is 5.56 Å². The standard InChI is InChI=1S/C24H20N2O2/c1-16-9-8-14-22(17(16)2)25-15-21-19-12-6-7-13-20(19)23(27)26(24(21)28)18-10-4-3-5-11-18/h3-15,28H,1-2H3. The molecule has 0 bridgehead atoms. The van der Waals surface area contributed by atoms with E-state index >= 15 is 0 Å². The summed E-state index contributed by atoms with van der Waals surface area (Å²) in [5.41, 5.74) is 3.93. The summed E-state index contributed by atoms with van der Waals surface area (Å²) in [4.78, 5) is 17.6. The number of aryl methyl sites for hydroxylation is 1. The molecule has 0 aliphatic carbocycles. The van der Waals surface area contributed by atoms with Crippen LogP contribution in [-0.2, 0) is 0 Å². The molecule has 0 aliphatic rings. The highest BCUT2D eigenvalue weighted by atomic mass is 16.3. The number of aromatic nitrogens is 1. The summed E-state index contributed by atoms with van der Waals surface area (Å²) >= 11 is 0. The number of hydrogen-bond acceptors (Lipinski definition) is 3. The molecule has 4 nitrogen and oxygen atoms in total. The van der Waals surface area contributed by atoms with Gasteiger partial charge in [0, 0.05) is 17.0 Å². The molecule has 138 valence electrons. The van der Waals surface area contributed by atoms with Gasteiger partial charge in [-0.05, 0) is 49.2 Å². The van der Waals surface area contributed by atoms with E-state index in [1.165, 1.54) is 4.57 Å². The molecule has 0 aliphatic heterocycles. The maximum Gasteiger partial charge on any atom is 0.265 e. The minimum Gasteiger partial charge on any atom is -0.494 e. The zero-order chi connectivity index (χ0) is 19.7. The van der Waals surface area contributed by atoms with Gasteiger partial charge in [0.25, 0.3) is 5.56 Å². The van der Waals surface area contributed by atoms with Crippen LogP contribution in [0, 0.1) is 13.8 Å². The first kappa shape index (κ1) is 17.7. The molecule has 1 N–H and O–H groups in total. The van der Waals surface area contributed by atoms with Crippen LogP contribution in [0.2, 0.25) is 0 Å². The molecule has 0 amide bonds. The fraction of sp³-hybridized carbons (Fsp3) is 0.0833. The number of para-hydroxylation sites is 1. The predicted octanol–water partition coefficient (Wildman–Crippen LogP) is 5.06. The lowest BCUT2D eigenvalue weighted by Crippen LogP contribution is -2.20. The van der Waals surface area contributed by atoms with Crippen molar-refractivity contribution in [3.8, 4) is 11.6 Å². The van der Waals surface area contributed by atoms with E-state index in [-0.39, 0.29) is 11.4 Å². The van der Waals surface area contributed by atoms with Crippen LogP contribution in [0.15, 0.2) is 82.6 Å². The summed E-state index contributed by atoms with van der Waals surface area (Å²) in [6, 6.07) is 22.3. The minimum absolute atomic E-state index is 0.121. The van der Waals surface area contributed by atoms with Crippen molar-refractivity contribution in [3.05, 3.63) is 99.8 Å². The Hall–Kier alpha value is -3.66. The van der Waals surface area contributed by atoms with E-state index in [1.807, 2.05) is 68.4 Å². The fourth-order valence-corrected chi connectivity index (χ4v) is 3.32. The lowest BCUT2D eigenvalue weighted by Gasteiger charge is -2.13. The molecule has 0 radical (unpaired) electrons. The number of pyridine rings is 1. The summed E-state index contributed by atoms with van der Waals surface area (Å²) in [6.45, 7) is 4.06. The second-order valence-corrected chi connectivity index (χ2v) is 6.74. The second kappa shape index (κ2) is 7.16. The van der Waals surface area contributed by atoms with Crippen molar-refractivity contribution >= 4 is 22.7 Å². The van der Waals surface area contributed by atoms with Crippen molar-refractivity contribution in [1.82, 2.24) is 4.57 Å². The molecule has 4 aromatic rings. The van der Waals surface area contributed by atoms with Gasteiger partial charge in [-0.15, -0.1) is 0 Å². The number of rotatable bonds is 3. The first-order valence-corrected chi connectivity index (χ1v) is 9.10. The van der Waals surface area contributed by atoms with Gasteiger partial charge in [-0.1, -0.05) is 48.5 Å². The maximum atomic E-state index is 13.0. The summed E-state index contributed by atoms with van der Waals surface area (Å²) in [6.07, 6.45) is 1.64. The first-order chi connectivity index (χ1) is 13.6. The second-order valence-electron chi connectivity index (χ2n) is 6.74. The van der Waals surface area contributed by atoms with Crippen molar-refractivity contribution in [2.24, 2.45) is 4.99 Å². The molecule has 3 aromatic carbocycles. The van der Waals surface area contributed by atoms with Crippen LogP contribution in [0.3, 0.4) is 0 Å². The van der Waals surface area contributed by atoms with Gasteiger partial charge in [0.2, 0.25) is 5.88 Å². The molecule has 1 aromatic heterocycles. The van der Waals surface area contributed by atoms with Gasteiger partial charge in [0.05, 0.1) is 16.9 Å². The van der Waals surface area contributed by atoms with Gasteiger partial charge >= 0.3 is 0 Å². The number of benzene rings is 3. The average Bonchev–Trinajstić information content (AvgIpc) is 2.72. The molecule has 1 heterocycles. The van der Waals surface area contributed by atoms with Crippen molar-refractivity contribution in [3.63, 3.8) is 0 Å². The molecule has 0 fully saturated rings. The smallest absolute Gasteiger partial charge is 0.265 e. The van der Waals surface area contributed by atoms with E-state index in [0.717, 1.165) is 16.8 Å². The Morgan fingerprint density at radius 2 is 1.54 bits per heavy atom. The summed E-state index contributed by atoms with van der Waals surface area (Å²) in [5, 5.41) is 12.2. The Morgan fingerprint density at radius 1 is 0.857 bits per heavy atom. The molecule has 0 saturated heterocycles. The summed E-state index contributed by atoms with van der Waals surface area (Å²) in [5.74, 6) is -0.121. The fourth-order valence-electron chi connectivity index (χ4n) is 3.32. The zero-order valence-electron chi connectivity index (χ0n) is 15.8. The molecular formula is C24H20N2O2. The Kier molecular flexibility index (Phi) is 4.53. The van der Waals surface area contributed by atoms with Gasteiger partial charge in [0.1, 0.15) is 0 Å². The van der Waals surface area contributed by atoms with Crippen LogP contribution in [0.1, 0.15) is 16.7 Å². The average molecular weight is 368 g/mol. The molecule has 0 spiro atoms. The predicted molar refractivity (Wildman–Crippen MR) is 114 cm³/mol. The van der Waals surface area contributed by atoms with Crippen molar-refractivity contribution < 1.29 is 5.11 Å². The van der Waals surface area contributed by atoms with Crippen molar-refractivity contribution in [2.45, 2.75) is 13.8 Å². The summed E-state index contributed by atoms with van der Waals surface area (Å²) < 4.78 is 1.33. The number of fused-ring (bicyclic) bond motifs is 1. The summed E-state index contributed by atoms with van der Waals surface area (Å²) in [7, 11) is 0. The third kappa shape index (κ3) is 2.99. The molecular weight excluding hydrogens is 348 g/mol. The number of nitrogens with zero attached hydrogens (tertiary/aromatic N) is 2. The molecule has 0 unspecified atom stereocenters. The number of aromatic hydroxyl groups is 1. The lowest BCUT2D eigenvalue weighted by atomic mass is 10.1. The van der Waals surface area contributed by atoms with Gasteiger partial charge in [-0.2, -0.15) is 0 Å². The molecule has 0 saturated carbocycles. The SMILES string of the molecule is Cc1cccc(N=Cc2c(O)n(-c3ccccc3)c(=O)c3ccccc23)c1C. The van der Waals surface area contributed by atoms with Crippen LogP contribution in [0.5, 0.6) is 5.88 Å². The quantitative estimate of drug-likeness (QED) is 0.514. The van der Waals surface area contributed by atoms with E-state index in [0.29, 0.717) is 22.0 Å². The zero-order valence-corrected chi connectivity index (χ0v) is 15.8. The van der Waals surface area contributed by atoms with Crippen LogP contribution in [0.25, 0.3) is 16.5 Å². The van der Waals surface area contributed by atoms with Gasteiger partial charge in [0.15, 0.2) is 0 Å². The molecule has 4 rings (SSSR count). The first-order valence-electron chi connectivity index (χ1n) is 9.10. The molecule has 0 atom stereocenters. The largest absolute Gasteiger partial charge is 0.494 e. The Morgan fingerprint density at radius 3 is 2.29 bits per heavy atom. The Bertz CT molecular complexity index is 1260. The number of hydrogen-bond donors (Lipinski definition) is 1.